The molecule has 2 fully saturated rings. The number of nitrogens with zero attached hydrogens (tertiary/aromatic N) is 5. The molecule has 0 unspecified atom stereocenters. The van der Waals surface area contributed by atoms with Gasteiger partial charge in [0.1, 0.15) is 0 Å². The molecule has 7 rings (SSSR count). The fraction of sp³-hybridized carbons (Fsp3) is 0.400. The molecule has 0 aliphatic heterocycles. The van der Waals surface area contributed by atoms with Gasteiger partial charge in [-0.1, -0.05) is 44.5 Å². The molecule has 2 aliphatic carbocycles. The van der Waals surface area contributed by atoms with Crippen LogP contribution in [0.25, 0.3) is 22.1 Å². The maximum Gasteiger partial charge on any atom is 0.328 e. The minimum absolute atomic E-state index is 0.00726. The first kappa shape index (κ1) is 28.6. The Morgan fingerprint density at radius 1 is 0.854 bits per heavy atom. The van der Waals surface area contributed by atoms with Crippen LogP contribution in [-0.2, 0) is 20.6 Å². The van der Waals surface area contributed by atoms with E-state index in [0.717, 1.165) is 46.1 Å². The zero-order chi connectivity index (χ0) is 29.1. The molecule has 214 valence electrons. The second-order valence-corrected chi connectivity index (χ2v) is 11.5. The second kappa shape index (κ2) is 12.3. The lowest BCUT2D eigenvalue weighted by atomic mass is 10.1. The summed E-state index contributed by atoms with van der Waals surface area (Å²) < 4.78 is 5.56. The lowest BCUT2D eigenvalue weighted by Crippen LogP contribution is -2.19. The highest BCUT2D eigenvalue weighted by atomic mass is 16.1. The molecular formula is C35H43N5O. The van der Waals surface area contributed by atoms with E-state index in [-0.39, 0.29) is 5.69 Å². The topological polar surface area (TPSA) is 57.1 Å². The zero-order valence-electron chi connectivity index (χ0n) is 25.4. The van der Waals surface area contributed by atoms with E-state index in [1.165, 1.54) is 54.4 Å². The summed E-state index contributed by atoms with van der Waals surface area (Å²) in [5.74, 6) is 1.59. The first-order valence-electron chi connectivity index (χ1n) is 15.0. The second-order valence-electron chi connectivity index (χ2n) is 11.5. The van der Waals surface area contributed by atoms with E-state index in [1.54, 1.807) is 9.13 Å². The molecule has 2 saturated carbocycles. The molecule has 6 heteroatoms. The number of aryl methyl sites for hydroxylation is 3. The van der Waals surface area contributed by atoms with Crippen LogP contribution in [0.5, 0.6) is 0 Å². The van der Waals surface area contributed by atoms with E-state index >= 15 is 0 Å². The standard InChI is InChI=1S/C20H20N4O.C12H15N.C3H8/c1-22-18-7-3-13(9-19(18)23(2)20(22)25)11-24-12-21-16-10-15(14-4-5-14)6-8-17(16)24;1-3-13-12-7-6-11(8-9(12)2)10-4-5-10;1-3-2/h3,6-10,12,14H,4-5,11H2,1-2H3;3,6-8,10H,4-5H2,1-2H3;3H2,1-2H3. The largest absolute Gasteiger partial charge is 0.328 e. The molecule has 0 radical (unpaired) electrons. The summed E-state index contributed by atoms with van der Waals surface area (Å²) >= 11 is 0. The molecule has 2 aliphatic rings. The normalized spacial score (nSPS) is 14.7. The number of aliphatic imine (C=N–C) groups is 1. The van der Waals surface area contributed by atoms with Gasteiger partial charge < -0.3 is 4.57 Å². The average molecular weight is 550 g/mol. The van der Waals surface area contributed by atoms with Gasteiger partial charge in [0.05, 0.1) is 34.1 Å². The van der Waals surface area contributed by atoms with Gasteiger partial charge in [0.2, 0.25) is 0 Å². The minimum Gasteiger partial charge on any atom is -0.326 e. The van der Waals surface area contributed by atoms with Gasteiger partial charge >= 0.3 is 5.69 Å². The molecule has 2 heterocycles. The Balaban J connectivity index is 0.000000177. The van der Waals surface area contributed by atoms with Gasteiger partial charge in [-0.25, -0.2) is 9.78 Å². The monoisotopic (exact) mass is 549 g/mol. The minimum atomic E-state index is 0.00726. The lowest BCUT2D eigenvalue weighted by molar-refractivity contribution is 0.794. The smallest absolute Gasteiger partial charge is 0.326 e. The Morgan fingerprint density at radius 3 is 2.10 bits per heavy atom. The number of hydrogen-bond acceptors (Lipinski definition) is 3. The van der Waals surface area contributed by atoms with E-state index in [2.05, 4.69) is 83.8 Å². The summed E-state index contributed by atoms with van der Waals surface area (Å²) in [6.45, 7) is 9.08. The van der Waals surface area contributed by atoms with Gasteiger partial charge in [0.15, 0.2) is 0 Å². The summed E-state index contributed by atoms with van der Waals surface area (Å²) in [6, 6.07) is 19.5. The van der Waals surface area contributed by atoms with Gasteiger partial charge in [-0.05, 0) is 104 Å². The molecule has 0 amide bonds. The number of benzene rings is 3. The third-order valence-corrected chi connectivity index (χ3v) is 7.92. The first-order chi connectivity index (χ1) is 19.8. The van der Waals surface area contributed by atoms with E-state index in [9.17, 15) is 4.79 Å². The van der Waals surface area contributed by atoms with Crippen LogP contribution in [0.1, 0.15) is 87.0 Å². The molecule has 0 saturated heterocycles. The summed E-state index contributed by atoms with van der Waals surface area (Å²) in [7, 11) is 3.63. The fourth-order valence-corrected chi connectivity index (χ4v) is 5.36. The average Bonchev–Trinajstić information content (AvgIpc) is 3.91. The Morgan fingerprint density at radius 2 is 1.46 bits per heavy atom. The fourth-order valence-electron chi connectivity index (χ4n) is 5.36. The number of fused-ring (bicyclic) bond motifs is 2. The van der Waals surface area contributed by atoms with Gasteiger partial charge in [0, 0.05) is 26.9 Å². The number of hydrogen-bond donors (Lipinski definition) is 0. The molecular weight excluding hydrogens is 506 g/mol. The summed E-state index contributed by atoms with van der Waals surface area (Å²) in [5.41, 5.74) is 10.6. The SMILES string of the molecule is CC=Nc1ccc(C2CC2)cc1C.CCC.Cn1c(=O)n(C)c2cc(Cn3cnc4cc(C5CC5)ccc43)ccc21. The Bertz CT molecular complexity index is 1740. The third-order valence-electron chi connectivity index (χ3n) is 7.92. The zero-order valence-corrected chi connectivity index (χ0v) is 25.4. The summed E-state index contributed by atoms with van der Waals surface area (Å²) in [4.78, 5) is 21.0. The van der Waals surface area contributed by atoms with Gasteiger partial charge in [-0.15, -0.1) is 0 Å². The van der Waals surface area contributed by atoms with E-state index in [0.29, 0.717) is 0 Å². The Hall–Kier alpha value is -3.93. The van der Waals surface area contributed by atoms with Crippen molar-refractivity contribution in [2.24, 2.45) is 19.1 Å². The molecule has 3 aromatic carbocycles. The van der Waals surface area contributed by atoms with E-state index < -0.39 is 0 Å². The molecule has 41 heavy (non-hydrogen) atoms. The van der Waals surface area contributed by atoms with E-state index in [1.807, 2.05) is 39.6 Å². The van der Waals surface area contributed by atoms with Crippen molar-refractivity contribution < 1.29 is 0 Å². The van der Waals surface area contributed by atoms with Gasteiger partial charge in [-0.3, -0.25) is 14.1 Å². The summed E-state index contributed by atoms with van der Waals surface area (Å²) in [6.07, 6.45) is 10.4. The molecule has 5 aromatic rings. The van der Waals surface area contributed by atoms with Crippen LogP contribution in [0, 0.1) is 6.92 Å². The highest BCUT2D eigenvalue weighted by Gasteiger charge is 2.24. The molecule has 0 atom stereocenters. The van der Waals surface area contributed by atoms with Crippen molar-refractivity contribution in [3.05, 3.63) is 93.7 Å². The van der Waals surface area contributed by atoms with Crippen LogP contribution in [0.2, 0.25) is 0 Å². The van der Waals surface area contributed by atoms with Gasteiger partial charge in [0.25, 0.3) is 0 Å². The van der Waals surface area contributed by atoms with E-state index in [4.69, 9.17) is 0 Å². The predicted molar refractivity (Wildman–Crippen MR) is 172 cm³/mol. The van der Waals surface area contributed by atoms with Crippen molar-refractivity contribution >= 4 is 34.0 Å². The summed E-state index contributed by atoms with van der Waals surface area (Å²) in [5, 5.41) is 0. The van der Waals surface area contributed by atoms with Crippen LogP contribution in [-0.4, -0.2) is 24.9 Å². The Labute approximate surface area is 243 Å². The first-order valence-corrected chi connectivity index (χ1v) is 15.0. The molecule has 0 spiro atoms. The van der Waals surface area contributed by atoms with Crippen LogP contribution >= 0.6 is 0 Å². The maximum atomic E-state index is 12.1. The Kier molecular flexibility index (Phi) is 8.57. The van der Waals surface area contributed by atoms with Crippen molar-refractivity contribution in [2.45, 2.75) is 78.2 Å². The number of rotatable bonds is 5. The molecule has 0 N–H and O–H groups in total. The van der Waals surface area contributed by atoms with Crippen molar-refractivity contribution in [3.63, 3.8) is 0 Å². The van der Waals surface area contributed by atoms with Crippen molar-refractivity contribution in [3.8, 4) is 0 Å². The highest BCUT2D eigenvalue weighted by Crippen LogP contribution is 2.41. The predicted octanol–water partition coefficient (Wildman–Crippen LogP) is 8.16. The van der Waals surface area contributed by atoms with Crippen molar-refractivity contribution in [1.29, 1.82) is 0 Å². The lowest BCUT2D eigenvalue weighted by Gasteiger charge is -2.06. The van der Waals surface area contributed by atoms with Crippen LogP contribution < -0.4 is 5.69 Å². The van der Waals surface area contributed by atoms with Gasteiger partial charge in [-0.2, -0.15) is 0 Å². The van der Waals surface area contributed by atoms with Crippen LogP contribution in [0.15, 0.2) is 70.7 Å². The number of aromatic nitrogens is 4. The molecule has 2 aromatic heterocycles. The molecule has 0 bridgehead atoms. The third kappa shape index (κ3) is 6.37. The quantitative estimate of drug-likeness (QED) is 0.208. The number of imidazole rings is 2. The molecule has 6 nitrogen and oxygen atoms in total. The van der Waals surface area contributed by atoms with Crippen molar-refractivity contribution in [2.75, 3.05) is 0 Å². The van der Waals surface area contributed by atoms with Crippen LogP contribution in [0.3, 0.4) is 0 Å². The van der Waals surface area contributed by atoms with Crippen molar-refractivity contribution in [1.82, 2.24) is 18.7 Å². The highest BCUT2D eigenvalue weighted by molar-refractivity contribution is 5.78. The maximum absolute atomic E-state index is 12.1. The van der Waals surface area contributed by atoms with Crippen LogP contribution in [0.4, 0.5) is 5.69 Å².